The van der Waals surface area contributed by atoms with E-state index in [1.807, 2.05) is 0 Å². The molecule has 0 aliphatic heterocycles. The van der Waals surface area contributed by atoms with Gasteiger partial charge in [-0.05, 0) is 18.4 Å². The van der Waals surface area contributed by atoms with Crippen molar-refractivity contribution in [3.63, 3.8) is 0 Å². The number of hydrogen-bond acceptors (Lipinski definition) is 0. The highest BCUT2D eigenvalue weighted by Crippen LogP contribution is 2.23. The van der Waals surface area contributed by atoms with Gasteiger partial charge < -0.3 is 0 Å². The Morgan fingerprint density at radius 2 is 0.215 bits per heavy atom. The predicted molar refractivity (Wildman–Crippen MR) is 428 cm³/mol. The van der Waals surface area contributed by atoms with E-state index in [2.05, 4.69) is 37.3 Å². The van der Waals surface area contributed by atoms with Crippen LogP contribution in [-0.4, -0.2) is 0 Å². The summed E-state index contributed by atoms with van der Waals surface area (Å²) in [6, 6.07) is 11.0. The molecule has 0 heteroatoms. The Balaban J connectivity index is 1.58. The van der Waals surface area contributed by atoms with Crippen molar-refractivity contribution in [1.82, 2.24) is 0 Å². The molecule has 0 aromatic heterocycles. The van der Waals surface area contributed by atoms with Gasteiger partial charge in [0.25, 0.3) is 0 Å². The lowest BCUT2D eigenvalue weighted by molar-refractivity contribution is 0.505. The molecule has 0 unspecified atom stereocenters. The zero-order valence-electron chi connectivity index (χ0n) is 65.2. The summed E-state index contributed by atoms with van der Waals surface area (Å²) >= 11 is 0. The quantitative estimate of drug-likeness (QED) is 0.0570. The second-order valence-electron chi connectivity index (χ2n) is 31.9. The highest BCUT2D eigenvalue weighted by Gasteiger charge is 2.03. The van der Waals surface area contributed by atoms with Crippen molar-refractivity contribution < 1.29 is 0 Å². The fraction of sp³-hybridized carbons (Fsp3) is 0.935. The van der Waals surface area contributed by atoms with E-state index in [-0.39, 0.29) is 0 Å². The molecule has 0 spiro atoms. The molecule has 0 fully saturated rings. The average Bonchev–Trinajstić information content (AvgIpc) is 3.72. The van der Waals surface area contributed by atoms with Crippen LogP contribution in [0.4, 0.5) is 0 Å². The van der Waals surface area contributed by atoms with Crippen molar-refractivity contribution in [3.05, 3.63) is 35.9 Å². The highest BCUT2D eigenvalue weighted by molar-refractivity contribution is 5.14. The van der Waals surface area contributed by atoms with Crippen LogP contribution in [0.1, 0.15) is 558 Å². The molecule has 1 rings (SSSR count). The first kappa shape index (κ1) is 90.2. The van der Waals surface area contributed by atoms with Crippen molar-refractivity contribution in [2.24, 2.45) is 0 Å². The molecule has 1 aromatic rings. The molecule has 1 aromatic carbocycles. The summed E-state index contributed by atoms with van der Waals surface area (Å²) in [6.45, 7) is 2.32. The lowest BCUT2D eigenvalue weighted by Crippen LogP contribution is -1.86. The van der Waals surface area contributed by atoms with Crippen molar-refractivity contribution in [1.29, 1.82) is 0 Å². The van der Waals surface area contributed by atoms with Gasteiger partial charge in [0.1, 0.15) is 0 Å². The Labute approximate surface area is 591 Å². The second kappa shape index (κ2) is 85.4. The van der Waals surface area contributed by atoms with Crippen LogP contribution in [0.5, 0.6) is 0 Å². The smallest absolute Gasteiger partial charge is 0.0279 e. The van der Waals surface area contributed by atoms with Gasteiger partial charge >= 0.3 is 0 Å². The van der Waals surface area contributed by atoms with Crippen LogP contribution >= 0.6 is 0 Å². The van der Waals surface area contributed by atoms with Crippen LogP contribution in [0.2, 0.25) is 0 Å². The fourth-order valence-electron chi connectivity index (χ4n) is 15.7. The van der Waals surface area contributed by atoms with Gasteiger partial charge in [-0.2, -0.15) is 0 Å². The molecule has 0 heterocycles. The molecule has 0 nitrogen and oxygen atoms in total. The molecule has 0 aliphatic rings. The Morgan fingerprint density at radius 1 is 0.118 bits per heavy atom. The molecule has 552 valence electrons. The zero-order chi connectivity index (χ0) is 65.9. The fourth-order valence-corrected chi connectivity index (χ4v) is 15.7. The first-order valence-corrected chi connectivity index (χ1v) is 45.5. The maximum absolute atomic E-state index is 2.32. The Bertz CT molecular complexity index is 1380. The van der Waals surface area contributed by atoms with Gasteiger partial charge in [0.2, 0.25) is 0 Å². The maximum Gasteiger partial charge on any atom is -0.0279 e. The van der Waals surface area contributed by atoms with Crippen molar-refractivity contribution in [2.75, 3.05) is 0 Å². The van der Waals surface area contributed by atoms with E-state index in [1.165, 1.54) is 558 Å². The SMILES string of the molecule is CCCCCCCCCCCCCCCCCCCCCCCCCCCCCCCCCCCCCCCCCCCCCCCCCCCCCCCCCCCCCCCCCCCCCCCCCCCCCCCCCCCCCCCc1ccccc1. The third-order valence-electron chi connectivity index (χ3n) is 22.4. The van der Waals surface area contributed by atoms with Gasteiger partial charge in [-0.3, -0.25) is 0 Å². The Morgan fingerprint density at radius 3 is 0.323 bits per heavy atom. The van der Waals surface area contributed by atoms with Gasteiger partial charge in [-0.1, -0.05) is 577 Å². The van der Waals surface area contributed by atoms with E-state index in [0.29, 0.717) is 0 Å². The number of rotatable bonds is 86. The first-order chi connectivity index (χ1) is 46.4. The third-order valence-corrected chi connectivity index (χ3v) is 22.4. The van der Waals surface area contributed by atoms with E-state index in [9.17, 15) is 0 Å². The standard InChI is InChI=1S/C93H180/c1-2-3-4-5-6-7-8-9-10-11-12-13-14-15-16-17-18-19-20-21-22-23-24-25-26-27-28-29-30-31-32-33-34-35-36-37-38-39-40-41-42-43-44-45-46-47-48-49-50-51-52-53-54-55-56-57-58-59-60-61-62-63-64-65-66-67-68-69-70-71-72-73-74-75-76-77-78-79-80-81-82-83-84-85-87-90-93-91-88-86-89-92-93/h86,88-89,91-92H,2-85,87,90H2,1H3. The lowest BCUT2D eigenvalue weighted by Gasteiger charge is -2.05. The summed E-state index contributed by atoms with van der Waals surface area (Å²) in [5.74, 6) is 0. The van der Waals surface area contributed by atoms with E-state index in [1.54, 1.807) is 0 Å². The van der Waals surface area contributed by atoms with E-state index >= 15 is 0 Å². The summed E-state index contributed by atoms with van der Waals surface area (Å²) < 4.78 is 0. The van der Waals surface area contributed by atoms with Gasteiger partial charge in [0, 0.05) is 0 Å². The summed E-state index contributed by atoms with van der Waals surface area (Å²) in [6.07, 6.45) is 128. The van der Waals surface area contributed by atoms with Crippen molar-refractivity contribution in [2.45, 2.75) is 559 Å². The molecule has 0 saturated heterocycles. The van der Waals surface area contributed by atoms with Crippen LogP contribution in [0, 0.1) is 0 Å². The molecule has 0 radical (unpaired) electrons. The third kappa shape index (κ3) is 81.8. The second-order valence-corrected chi connectivity index (χ2v) is 31.9. The summed E-state index contributed by atoms with van der Waals surface area (Å²) in [7, 11) is 0. The van der Waals surface area contributed by atoms with Crippen LogP contribution < -0.4 is 0 Å². The Hall–Kier alpha value is -0.780. The van der Waals surface area contributed by atoms with Crippen LogP contribution in [0.3, 0.4) is 0 Å². The van der Waals surface area contributed by atoms with Crippen molar-refractivity contribution >= 4 is 0 Å². The zero-order valence-corrected chi connectivity index (χ0v) is 65.2. The first-order valence-electron chi connectivity index (χ1n) is 45.5. The normalized spacial score (nSPS) is 11.8. The minimum atomic E-state index is 1.26. The minimum absolute atomic E-state index is 1.26. The largest absolute Gasteiger partial charge is 0.0654 e. The van der Waals surface area contributed by atoms with Crippen LogP contribution in [-0.2, 0) is 6.42 Å². The lowest BCUT2D eigenvalue weighted by atomic mass is 10.0. The molecule has 0 aliphatic carbocycles. The van der Waals surface area contributed by atoms with Crippen LogP contribution in [0.25, 0.3) is 0 Å². The van der Waals surface area contributed by atoms with Gasteiger partial charge in [0.05, 0.1) is 0 Å². The number of unbranched alkanes of at least 4 members (excludes halogenated alkanes) is 84. The van der Waals surface area contributed by atoms with Crippen molar-refractivity contribution in [3.8, 4) is 0 Å². The monoisotopic (exact) mass is 1300 g/mol. The summed E-state index contributed by atoms with van der Waals surface area (Å²) in [4.78, 5) is 0. The summed E-state index contributed by atoms with van der Waals surface area (Å²) in [5.41, 5.74) is 1.51. The van der Waals surface area contributed by atoms with Gasteiger partial charge in [-0.25, -0.2) is 0 Å². The number of aryl methyl sites for hydroxylation is 1. The molecule has 0 amide bonds. The molecule has 0 atom stereocenters. The highest BCUT2D eigenvalue weighted by atomic mass is 14.1. The van der Waals surface area contributed by atoms with Gasteiger partial charge in [-0.15, -0.1) is 0 Å². The minimum Gasteiger partial charge on any atom is -0.0654 e. The molecule has 0 N–H and O–H groups in total. The molecule has 93 heavy (non-hydrogen) atoms. The summed E-state index contributed by atoms with van der Waals surface area (Å²) in [5, 5.41) is 0. The maximum atomic E-state index is 2.32. The molecule has 0 saturated carbocycles. The van der Waals surface area contributed by atoms with E-state index < -0.39 is 0 Å². The average molecular weight is 1300 g/mol. The number of benzene rings is 1. The van der Waals surface area contributed by atoms with E-state index in [4.69, 9.17) is 0 Å². The Kier molecular flexibility index (Phi) is 82.9. The van der Waals surface area contributed by atoms with E-state index in [0.717, 1.165) is 0 Å². The van der Waals surface area contributed by atoms with Crippen LogP contribution in [0.15, 0.2) is 30.3 Å². The van der Waals surface area contributed by atoms with Gasteiger partial charge in [0.15, 0.2) is 0 Å². The molecular weight excluding hydrogens is 1120 g/mol. The molecule has 0 bridgehead atoms. The topological polar surface area (TPSA) is 0 Å². The number of hydrogen-bond donors (Lipinski definition) is 0. The predicted octanol–water partition coefficient (Wildman–Crippen LogP) is 35.4. The molecular formula is C93H180.